The van der Waals surface area contributed by atoms with Crippen LogP contribution in [0.4, 0.5) is 15.9 Å². The molecule has 19 heavy (non-hydrogen) atoms. The van der Waals surface area contributed by atoms with Crippen LogP contribution in [0.2, 0.25) is 0 Å². The lowest BCUT2D eigenvalue weighted by molar-refractivity contribution is 0.636. The molecule has 0 spiro atoms. The minimum atomic E-state index is -0.380. The van der Waals surface area contributed by atoms with Gasteiger partial charge in [-0.15, -0.1) is 0 Å². The first-order valence-electron chi connectivity index (χ1n) is 5.96. The maximum Gasteiger partial charge on any atom is 0.193 e. The van der Waals surface area contributed by atoms with Crippen LogP contribution in [0.15, 0.2) is 60.7 Å². The van der Waals surface area contributed by atoms with E-state index in [1.54, 1.807) is 0 Å². The Kier molecular flexibility index (Phi) is 2.98. The fourth-order valence-electron chi connectivity index (χ4n) is 1.87. The summed E-state index contributed by atoms with van der Waals surface area (Å²) in [6.45, 7) is 0. The molecule has 1 heterocycles. The summed E-state index contributed by atoms with van der Waals surface area (Å²) < 4.78 is 14.2. The summed E-state index contributed by atoms with van der Waals surface area (Å²) >= 11 is 0. The first-order chi connectivity index (χ1) is 9.34. The molecular weight excluding hydrogens is 241 g/mol. The van der Waals surface area contributed by atoms with Crippen molar-refractivity contribution in [1.82, 2.24) is 10.2 Å². The second kappa shape index (κ2) is 4.94. The molecule has 0 aliphatic carbocycles. The third-order valence-corrected chi connectivity index (χ3v) is 2.81. The highest BCUT2D eigenvalue weighted by Gasteiger charge is 2.14. The molecule has 0 radical (unpaired) electrons. The fraction of sp³-hybridized carbons (Fsp3) is 0. The zero-order valence-corrected chi connectivity index (χ0v) is 10.1. The number of rotatable bonds is 3. The number of benzene rings is 2. The maximum atomic E-state index is 14.2. The third kappa shape index (κ3) is 2.33. The van der Waals surface area contributed by atoms with E-state index in [-0.39, 0.29) is 11.6 Å². The number of aromatic amines is 1. The molecule has 3 aromatic rings. The van der Waals surface area contributed by atoms with Crippen molar-refractivity contribution in [2.45, 2.75) is 0 Å². The van der Waals surface area contributed by atoms with E-state index < -0.39 is 0 Å². The van der Waals surface area contributed by atoms with Crippen LogP contribution in [0.1, 0.15) is 0 Å². The van der Waals surface area contributed by atoms with Crippen LogP contribution in [0, 0.1) is 5.82 Å². The number of hydrogen-bond acceptors (Lipinski definition) is 2. The van der Waals surface area contributed by atoms with Gasteiger partial charge in [0.15, 0.2) is 11.6 Å². The number of para-hydroxylation sites is 1. The Morgan fingerprint density at radius 2 is 1.53 bits per heavy atom. The normalized spacial score (nSPS) is 10.4. The lowest BCUT2D eigenvalue weighted by Gasteiger charge is -2.02. The van der Waals surface area contributed by atoms with Gasteiger partial charge in [0, 0.05) is 11.3 Å². The Hall–Kier alpha value is -2.62. The maximum absolute atomic E-state index is 14.2. The van der Waals surface area contributed by atoms with Crippen LogP contribution < -0.4 is 5.32 Å². The van der Waals surface area contributed by atoms with Crippen molar-refractivity contribution in [3.63, 3.8) is 0 Å². The van der Waals surface area contributed by atoms with Crippen molar-refractivity contribution >= 4 is 11.5 Å². The van der Waals surface area contributed by atoms with Gasteiger partial charge in [-0.25, -0.2) is 4.39 Å². The van der Waals surface area contributed by atoms with Gasteiger partial charge in [0.05, 0.1) is 0 Å². The van der Waals surface area contributed by atoms with Crippen LogP contribution in [-0.2, 0) is 0 Å². The van der Waals surface area contributed by atoms with Gasteiger partial charge in [0.1, 0.15) is 5.69 Å². The first kappa shape index (κ1) is 11.5. The average Bonchev–Trinajstić information content (AvgIpc) is 2.82. The number of H-pyrrole nitrogens is 1. The van der Waals surface area contributed by atoms with Crippen LogP contribution in [0.3, 0.4) is 0 Å². The highest BCUT2D eigenvalue weighted by molar-refractivity contribution is 5.66. The molecule has 0 unspecified atom stereocenters. The largest absolute Gasteiger partial charge is 0.336 e. The minimum absolute atomic E-state index is 0.199. The summed E-state index contributed by atoms with van der Waals surface area (Å²) in [6.07, 6.45) is 0. The quantitative estimate of drug-likeness (QED) is 0.741. The molecule has 3 rings (SSSR count). The standard InChI is InChI=1S/C15H12FN3/c16-13-14(11-7-3-1-4-8-11)18-19-15(13)17-12-9-5-2-6-10-12/h1-10H,(H2,17,18,19). The van der Waals surface area contributed by atoms with Gasteiger partial charge in [-0.2, -0.15) is 5.10 Å². The van der Waals surface area contributed by atoms with Crippen LogP contribution in [-0.4, -0.2) is 10.2 Å². The highest BCUT2D eigenvalue weighted by Crippen LogP contribution is 2.26. The first-order valence-corrected chi connectivity index (χ1v) is 5.96. The number of halogens is 1. The average molecular weight is 253 g/mol. The second-order valence-corrected chi connectivity index (χ2v) is 4.12. The smallest absolute Gasteiger partial charge is 0.193 e. The summed E-state index contributed by atoms with van der Waals surface area (Å²) in [5, 5.41) is 9.64. The molecule has 1 aromatic heterocycles. The number of aromatic nitrogens is 2. The van der Waals surface area contributed by atoms with Gasteiger partial charge < -0.3 is 5.32 Å². The van der Waals surface area contributed by atoms with Crippen molar-refractivity contribution < 1.29 is 4.39 Å². The van der Waals surface area contributed by atoms with E-state index in [4.69, 9.17) is 0 Å². The van der Waals surface area contributed by atoms with Gasteiger partial charge in [-0.05, 0) is 12.1 Å². The monoisotopic (exact) mass is 253 g/mol. The van der Waals surface area contributed by atoms with E-state index in [0.29, 0.717) is 5.69 Å². The predicted molar refractivity (Wildman–Crippen MR) is 73.7 cm³/mol. The molecule has 0 aliphatic heterocycles. The number of hydrogen-bond donors (Lipinski definition) is 2. The molecular formula is C15H12FN3. The topological polar surface area (TPSA) is 40.7 Å². The molecule has 2 aromatic carbocycles. The molecule has 0 saturated carbocycles. The number of anilines is 2. The Bertz CT molecular complexity index is 662. The van der Waals surface area contributed by atoms with E-state index in [1.165, 1.54) is 0 Å². The Morgan fingerprint density at radius 3 is 2.21 bits per heavy atom. The molecule has 0 amide bonds. The Labute approximate surface area is 110 Å². The molecule has 3 nitrogen and oxygen atoms in total. The lowest BCUT2D eigenvalue weighted by atomic mass is 10.1. The number of nitrogens with zero attached hydrogens (tertiary/aromatic N) is 1. The van der Waals surface area contributed by atoms with Crippen LogP contribution in [0.25, 0.3) is 11.3 Å². The van der Waals surface area contributed by atoms with E-state index in [2.05, 4.69) is 15.5 Å². The van der Waals surface area contributed by atoms with E-state index in [1.807, 2.05) is 60.7 Å². The fourth-order valence-corrected chi connectivity index (χ4v) is 1.87. The van der Waals surface area contributed by atoms with Crippen LogP contribution in [0.5, 0.6) is 0 Å². The summed E-state index contributed by atoms with van der Waals surface area (Å²) in [5.74, 6) is -0.180. The van der Waals surface area contributed by atoms with Gasteiger partial charge in [0.25, 0.3) is 0 Å². The minimum Gasteiger partial charge on any atom is -0.336 e. The molecule has 94 valence electrons. The van der Waals surface area contributed by atoms with E-state index in [0.717, 1.165) is 11.3 Å². The molecule has 0 saturated heterocycles. The van der Waals surface area contributed by atoms with E-state index >= 15 is 0 Å². The van der Waals surface area contributed by atoms with Gasteiger partial charge in [0.2, 0.25) is 0 Å². The molecule has 0 bridgehead atoms. The van der Waals surface area contributed by atoms with Crippen molar-refractivity contribution in [3.8, 4) is 11.3 Å². The van der Waals surface area contributed by atoms with Gasteiger partial charge in [-0.1, -0.05) is 48.5 Å². The van der Waals surface area contributed by atoms with Gasteiger partial charge in [-0.3, -0.25) is 5.10 Å². The van der Waals surface area contributed by atoms with Gasteiger partial charge >= 0.3 is 0 Å². The molecule has 0 fully saturated rings. The highest BCUT2D eigenvalue weighted by atomic mass is 19.1. The third-order valence-electron chi connectivity index (χ3n) is 2.81. The second-order valence-electron chi connectivity index (χ2n) is 4.12. The summed E-state index contributed by atoms with van der Waals surface area (Å²) in [4.78, 5) is 0. The zero-order chi connectivity index (χ0) is 13.1. The molecule has 0 atom stereocenters. The van der Waals surface area contributed by atoms with Crippen molar-refractivity contribution in [1.29, 1.82) is 0 Å². The summed E-state index contributed by atoms with van der Waals surface area (Å²) in [5.41, 5.74) is 1.96. The van der Waals surface area contributed by atoms with Crippen molar-refractivity contribution in [2.75, 3.05) is 5.32 Å². The summed E-state index contributed by atoms with van der Waals surface area (Å²) in [7, 11) is 0. The zero-order valence-electron chi connectivity index (χ0n) is 10.1. The van der Waals surface area contributed by atoms with Crippen molar-refractivity contribution in [3.05, 3.63) is 66.5 Å². The summed E-state index contributed by atoms with van der Waals surface area (Å²) in [6, 6.07) is 18.7. The SMILES string of the molecule is Fc1c(Nc2ccccc2)n[nH]c1-c1ccccc1. The van der Waals surface area contributed by atoms with Crippen LogP contribution >= 0.6 is 0 Å². The molecule has 0 aliphatic rings. The Balaban J connectivity index is 1.92. The number of nitrogens with one attached hydrogen (secondary N) is 2. The molecule has 2 N–H and O–H groups in total. The van der Waals surface area contributed by atoms with E-state index in [9.17, 15) is 4.39 Å². The lowest BCUT2D eigenvalue weighted by Crippen LogP contribution is -1.92. The van der Waals surface area contributed by atoms with Crippen molar-refractivity contribution in [2.24, 2.45) is 0 Å². The predicted octanol–water partition coefficient (Wildman–Crippen LogP) is 3.96. The Morgan fingerprint density at radius 1 is 0.895 bits per heavy atom. The molecule has 4 heteroatoms.